The van der Waals surface area contributed by atoms with Crippen LogP contribution in [0.1, 0.15) is 53.5 Å². The monoisotopic (exact) mass is 651 g/mol. The van der Waals surface area contributed by atoms with Gasteiger partial charge in [0.25, 0.3) is 5.56 Å². The van der Waals surface area contributed by atoms with Gasteiger partial charge in [0, 0.05) is 20.6 Å². The number of rotatable bonds is 5. The standard InChI is InChI=1S/C31H30IN3O3S/c1-7-38-30(37)27-20(5)33-31-35(28(27)22-10-8-17(2)9-11-22)29(36)26(39-31)16-23-15-19(4)34(21(23)6)24-12-13-25(32)18(3)14-24/h8-16,28H,7H2,1-6H3/b26-16-. The normalized spacial score (nSPS) is 15.4. The van der Waals surface area contributed by atoms with Gasteiger partial charge in [-0.05, 0) is 111 Å². The first-order valence-corrected chi connectivity index (χ1v) is 14.7. The number of allylic oxidation sites excluding steroid dienone is 1. The van der Waals surface area contributed by atoms with Gasteiger partial charge in [-0.1, -0.05) is 41.2 Å². The molecule has 8 heteroatoms. The third-order valence-corrected chi connectivity index (χ3v) is 9.26. The number of carbonyl (C=O) groups excluding carboxylic acids is 1. The van der Waals surface area contributed by atoms with Crippen molar-refractivity contribution in [2.24, 2.45) is 4.99 Å². The number of hydrogen-bond acceptors (Lipinski definition) is 5. The van der Waals surface area contributed by atoms with Crippen molar-refractivity contribution in [1.29, 1.82) is 0 Å². The maximum atomic E-state index is 14.0. The van der Waals surface area contributed by atoms with Gasteiger partial charge < -0.3 is 9.30 Å². The number of aromatic nitrogens is 2. The van der Waals surface area contributed by atoms with Crippen LogP contribution in [0.5, 0.6) is 0 Å². The minimum Gasteiger partial charge on any atom is -0.463 e. The van der Waals surface area contributed by atoms with Crippen molar-refractivity contribution in [3.63, 3.8) is 0 Å². The number of thiazole rings is 1. The highest BCUT2D eigenvalue weighted by Gasteiger charge is 2.33. The number of hydrogen-bond donors (Lipinski definition) is 0. The first-order valence-electron chi connectivity index (χ1n) is 12.8. The molecule has 2 aromatic carbocycles. The molecular formula is C31H30IN3O3S. The van der Waals surface area contributed by atoms with Crippen molar-refractivity contribution >= 4 is 46.0 Å². The molecule has 3 heterocycles. The third kappa shape index (κ3) is 4.96. The van der Waals surface area contributed by atoms with Crippen LogP contribution in [0.4, 0.5) is 0 Å². The van der Waals surface area contributed by atoms with Crippen molar-refractivity contribution in [2.45, 2.75) is 47.6 Å². The highest BCUT2D eigenvalue weighted by Crippen LogP contribution is 2.31. The third-order valence-electron chi connectivity index (χ3n) is 7.07. The minimum atomic E-state index is -0.606. The molecule has 0 fully saturated rings. The Hall–Kier alpha value is -3.24. The van der Waals surface area contributed by atoms with Gasteiger partial charge in [0.15, 0.2) is 4.80 Å². The first kappa shape index (κ1) is 27.3. The molecule has 1 unspecified atom stereocenters. The molecule has 0 bridgehead atoms. The number of esters is 1. The molecule has 0 saturated carbocycles. The van der Waals surface area contributed by atoms with E-state index in [1.807, 2.05) is 37.3 Å². The van der Waals surface area contributed by atoms with E-state index in [2.05, 4.69) is 72.2 Å². The fourth-order valence-electron chi connectivity index (χ4n) is 5.10. The Bertz CT molecular complexity index is 1820. The zero-order chi connectivity index (χ0) is 28.0. The Balaban J connectivity index is 1.68. The molecule has 4 aromatic rings. The van der Waals surface area contributed by atoms with Crippen LogP contribution in [-0.2, 0) is 9.53 Å². The largest absolute Gasteiger partial charge is 0.463 e. The van der Waals surface area contributed by atoms with E-state index in [0.29, 0.717) is 20.6 Å². The first-order chi connectivity index (χ1) is 18.6. The molecule has 2 aromatic heterocycles. The smallest absolute Gasteiger partial charge is 0.338 e. The van der Waals surface area contributed by atoms with E-state index >= 15 is 0 Å². The maximum absolute atomic E-state index is 14.0. The molecule has 39 heavy (non-hydrogen) atoms. The molecule has 1 atom stereocenters. The minimum absolute atomic E-state index is 0.173. The molecule has 5 rings (SSSR count). The van der Waals surface area contributed by atoms with Crippen LogP contribution in [0.25, 0.3) is 11.8 Å². The quantitative estimate of drug-likeness (QED) is 0.214. The van der Waals surface area contributed by atoms with Gasteiger partial charge in [0.1, 0.15) is 0 Å². The summed E-state index contributed by atoms with van der Waals surface area (Å²) in [7, 11) is 0. The van der Waals surface area contributed by atoms with Crippen LogP contribution < -0.4 is 14.9 Å². The fourth-order valence-corrected chi connectivity index (χ4v) is 6.47. The van der Waals surface area contributed by atoms with Crippen LogP contribution in [0.2, 0.25) is 0 Å². The zero-order valence-corrected chi connectivity index (χ0v) is 25.8. The number of aryl methyl sites for hydroxylation is 3. The predicted molar refractivity (Wildman–Crippen MR) is 164 cm³/mol. The summed E-state index contributed by atoms with van der Waals surface area (Å²) in [6.07, 6.45) is 1.94. The summed E-state index contributed by atoms with van der Waals surface area (Å²) < 4.78 is 11.0. The van der Waals surface area contributed by atoms with Crippen LogP contribution in [0.15, 0.2) is 69.6 Å². The lowest BCUT2D eigenvalue weighted by Crippen LogP contribution is -2.39. The van der Waals surface area contributed by atoms with E-state index < -0.39 is 12.0 Å². The number of nitrogens with zero attached hydrogens (tertiary/aromatic N) is 3. The fraction of sp³-hybridized carbons (Fsp3) is 0.258. The summed E-state index contributed by atoms with van der Waals surface area (Å²) in [5, 5.41) is 0. The average Bonchev–Trinajstić information content (AvgIpc) is 3.35. The molecule has 0 spiro atoms. The summed E-state index contributed by atoms with van der Waals surface area (Å²) in [5.74, 6) is -0.449. The second kappa shape index (κ2) is 10.7. The molecule has 0 N–H and O–H groups in total. The highest BCUT2D eigenvalue weighted by atomic mass is 127. The van der Waals surface area contributed by atoms with E-state index in [1.165, 1.54) is 20.5 Å². The number of fused-ring (bicyclic) bond motifs is 1. The lowest BCUT2D eigenvalue weighted by atomic mass is 9.95. The summed E-state index contributed by atoms with van der Waals surface area (Å²) in [4.78, 5) is 32.3. The summed E-state index contributed by atoms with van der Waals surface area (Å²) >= 11 is 3.69. The molecule has 1 aliphatic heterocycles. The van der Waals surface area contributed by atoms with Crippen molar-refractivity contribution in [2.75, 3.05) is 6.61 Å². The highest BCUT2D eigenvalue weighted by molar-refractivity contribution is 14.1. The van der Waals surface area contributed by atoms with Crippen LogP contribution >= 0.6 is 33.9 Å². The summed E-state index contributed by atoms with van der Waals surface area (Å²) in [5.41, 5.74) is 8.17. The molecule has 1 aliphatic rings. The van der Waals surface area contributed by atoms with Crippen LogP contribution in [-0.4, -0.2) is 21.7 Å². The van der Waals surface area contributed by atoms with Gasteiger partial charge >= 0.3 is 5.97 Å². The molecule has 0 radical (unpaired) electrons. The Labute approximate surface area is 245 Å². The van der Waals surface area contributed by atoms with Gasteiger partial charge in [-0.3, -0.25) is 9.36 Å². The van der Waals surface area contributed by atoms with E-state index in [9.17, 15) is 9.59 Å². The van der Waals surface area contributed by atoms with Crippen LogP contribution in [0, 0.1) is 31.3 Å². The second-order valence-corrected chi connectivity index (χ2v) is 12.0. The zero-order valence-electron chi connectivity index (χ0n) is 22.8. The van der Waals surface area contributed by atoms with Gasteiger partial charge in [0.2, 0.25) is 0 Å². The van der Waals surface area contributed by atoms with Crippen molar-refractivity contribution in [3.05, 3.63) is 117 Å². The number of halogens is 1. The Morgan fingerprint density at radius 3 is 2.46 bits per heavy atom. The van der Waals surface area contributed by atoms with Crippen molar-refractivity contribution in [1.82, 2.24) is 9.13 Å². The lowest BCUT2D eigenvalue weighted by Gasteiger charge is -2.24. The Morgan fingerprint density at radius 2 is 1.79 bits per heavy atom. The number of benzene rings is 2. The van der Waals surface area contributed by atoms with E-state index in [0.717, 1.165) is 33.8 Å². The molecule has 0 amide bonds. The van der Waals surface area contributed by atoms with Gasteiger partial charge in [0.05, 0.1) is 28.5 Å². The molecular weight excluding hydrogens is 621 g/mol. The summed E-state index contributed by atoms with van der Waals surface area (Å²) in [6.45, 7) is 12.1. The van der Waals surface area contributed by atoms with Gasteiger partial charge in [-0.25, -0.2) is 9.79 Å². The second-order valence-electron chi connectivity index (χ2n) is 9.81. The Kier molecular flexibility index (Phi) is 7.52. The van der Waals surface area contributed by atoms with E-state index in [4.69, 9.17) is 9.73 Å². The molecule has 0 aliphatic carbocycles. The summed E-state index contributed by atoms with van der Waals surface area (Å²) in [6, 6.07) is 15.8. The van der Waals surface area contributed by atoms with E-state index in [1.54, 1.807) is 18.4 Å². The van der Waals surface area contributed by atoms with Crippen molar-refractivity contribution in [3.8, 4) is 5.69 Å². The number of carbonyl (C=O) groups is 1. The molecule has 0 saturated heterocycles. The molecule has 200 valence electrons. The maximum Gasteiger partial charge on any atom is 0.338 e. The van der Waals surface area contributed by atoms with Gasteiger partial charge in [-0.2, -0.15) is 0 Å². The number of ether oxygens (including phenoxy) is 1. The van der Waals surface area contributed by atoms with Gasteiger partial charge in [-0.15, -0.1) is 0 Å². The van der Waals surface area contributed by atoms with E-state index in [-0.39, 0.29) is 12.2 Å². The lowest BCUT2D eigenvalue weighted by molar-refractivity contribution is -0.139. The Morgan fingerprint density at radius 1 is 1.08 bits per heavy atom. The predicted octanol–water partition coefficient (Wildman–Crippen LogP) is 5.43. The SMILES string of the molecule is CCOC(=O)C1=C(C)N=c2s/c(=C\c3cc(C)n(-c4ccc(I)c(C)c4)c3C)c(=O)n2C1c1ccc(C)cc1. The topological polar surface area (TPSA) is 65.6 Å². The average molecular weight is 652 g/mol. The van der Waals surface area contributed by atoms with Crippen LogP contribution in [0.3, 0.4) is 0 Å². The molecule has 6 nitrogen and oxygen atoms in total. The van der Waals surface area contributed by atoms with Crippen molar-refractivity contribution < 1.29 is 9.53 Å².